The van der Waals surface area contributed by atoms with Gasteiger partial charge in [-0.15, -0.1) is 0 Å². The van der Waals surface area contributed by atoms with Gasteiger partial charge >= 0.3 is 0 Å². The summed E-state index contributed by atoms with van der Waals surface area (Å²) in [7, 11) is 0. The van der Waals surface area contributed by atoms with Crippen molar-refractivity contribution >= 4 is 11.9 Å². The van der Waals surface area contributed by atoms with Gasteiger partial charge in [0.15, 0.2) is 0 Å². The van der Waals surface area contributed by atoms with Crippen LogP contribution in [0.25, 0.3) is 11.3 Å². The molecule has 110 valence electrons. The molecule has 1 aromatic carbocycles. The summed E-state index contributed by atoms with van der Waals surface area (Å²) in [5.41, 5.74) is 8.45. The first-order valence-corrected chi connectivity index (χ1v) is 7.06. The van der Waals surface area contributed by atoms with Gasteiger partial charge in [-0.25, -0.2) is 9.97 Å². The van der Waals surface area contributed by atoms with Crippen LogP contribution in [0.1, 0.15) is 29.9 Å². The minimum atomic E-state index is -0.542. The van der Waals surface area contributed by atoms with Crippen molar-refractivity contribution in [2.75, 3.05) is 18.0 Å². The molecule has 2 rings (SSSR count). The number of nitrogens with zero attached hydrogens (tertiary/aromatic N) is 3. The van der Waals surface area contributed by atoms with Crippen LogP contribution in [0.4, 0.5) is 5.95 Å². The number of primary amides is 1. The number of hydrogen-bond donors (Lipinski definition) is 1. The van der Waals surface area contributed by atoms with Crippen LogP contribution in [-0.2, 0) is 0 Å². The van der Waals surface area contributed by atoms with Gasteiger partial charge in [0.2, 0.25) is 5.95 Å². The zero-order valence-electron chi connectivity index (χ0n) is 12.6. The van der Waals surface area contributed by atoms with Crippen molar-refractivity contribution in [3.05, 3.63) is 41.6 Å². The number of carbonyl (C=O) groups excluding carboxylic acids is 1. The number of hydrogen-bond acceptors (Lipinski definition) is 4. The minimum Gasteiger partial charge on any atom is -0.364 e. The lowest BCUT2D eigenvalue weighted by Gasteiger charge is -2.19. The highest BCUT2D eigenvalue weighted by Crippen LogP contribution is 2.21. The van der Waals surface area contributed by atoms with Gasteiger partial charge in [-0.05, 0) is 26.8 Å². The molecule has 5 nitrogen and oxygen atoms in total. The Morgan fingerprint density at radius 3 is 2.29 bits per heavy atom. The summed E-state index contributed by atoms with van der Waals surface area (Å²) in [5.74, 6) is -0.00829. The summed E-state index contributed by atoms with van der Waals surface area (Å²) in [5, 5.41) is 0. The zero-order chi connectivity index (χ0) is 15.4. The van der Waals surface area contributed by atoms with Crippen molar-refractivity contribution in [3.63, 3.8) is 0 Å². The van der Waals surface area contributed by atoms with E-state index in [-0.39, 0.29) is 5.69 Å². The topological polar surface area (TPSA) is 72.1 Å². The molecular weight excluding hydrogens is 264 g/mol. The summed E-state index contributed by atoms with van der Waals surface area (Å²) in [6, 6.07) is 9.62. The van der Waals surface area contributed by atoms with Crippen LogP contribution in [-0.4, -0.2) is 29.0 Å². The zero-order valence-corrected chi connectivity index (χ0v) is 12.6. The van der Waals surface area contributed by atoms with E-state index in [2.05, 4.69) is 9.97 Å². The fourth-order valence-corrected chi connectivity index (χ4v) is 2.08. The Bertz CT molecular complexity index is 633. The van der Waals surface area contributed by atoms with Crippen molar-refractivity contribution in [1.82, 2.24) is 9.97 Å². The average molecular weight is 284 g/mol. The first kappa shape index (κ1) is 15.0. The Labute approximate surface area is 124 Å². The van der Waals surface area contributed by atoms with E-state index in [0.717, 1.165) is 18.7 Å². The Kier molecular flexibility index (Phi) is 4.52. The summed E-state index contributed by atoms with van der Waals surface area (Å²) in [6.45, 7) is 7.61. The quantitative estimate of drug-likeness (QED) is 0.915. The highest BCUT2D eigenvalue weighted by atomic mass is 16.1. The molecule has 1 aromatic heterocycles. The molecule has 0 aliphatic heterocycles. The number of aromatic nitrogens is 2. The highest BCUT2D eigenvalue weighted by Gasteiger charge is 2.13. The molecule has 0 bridgehead atoms. The molecule has 1 heterocycles. The van der Waals surface area contributed by atoms with Gasteiger partial charge in [0.05, 0.1) is 5.69 Å². The molecule has 1 amide bonds. The predicted molar refractivity (Wildman–Crippen MR) is 84.3 cm³/mol. The first-order valence-electron chi connectivity index (χ1n) is 7.06. The van der Waals surface area contributed by atoms with Crippen molar-refractivity contribution in [2.45, 2.75) is 20.8 Å². The van der Waals surface area contributed by atoms with E-state index < -0.39 is 5.91 Å². The number of amides is 1. The molecule has 21 heavy (non-hydrogen) atoms. The molecule has 0 fully saturated rings. The molecule has 0 aliphatic carbocycles. The second kappa shape index (κ2) is 6.35. The third kappa shape index (κ3) is 3.37. The summed E-state index contributed by atoms with van der Waals surface area (Å²) < 4.78 is 0. The Hall–Kier alpha value is -2.43. The highest BCUT2D eigenvalue weighted by molar-refractivity contribution is 5.92. The molecule has 0 unspecified atom stereocenters. The summed E-state index contributed by atoms with van der Waals surface area (Å²) >= 11 is 0. The number of anilines is 1. The van der Waals surface area contributed by atoms with Gasteiger partial charge in [0.25, 0.3) is 5.91 Å². The molecular formula is C16H20N4O. The van der Waals surface area contributed by atoms with Gasteiger partial charge in [0.1, 0.15) is 5.69 Å². The fourth-order valence-electron chi connectivity index (χ4n) is 2.08. The fraction of sp³-hybridized carbons (Fsp3) is 0.312. The Morgan fingerprint density at radius 2 is 1.76 bits per heavy atom. The number of benzene rings is 1. The van der Waals surface area contributed by atoms with Gasteiger partial charge in [-0.2, -0.15) is 0 Å². The SMILES string of the molecule is CCN(CC)c1nc(C(N)=O)cc(-c2ccc(C)cc2)n1. The molecule has 2 N–H and O–H groups in total. The van der Waals surface area contributed by atoms with Crippen molar-refractivity contribution in [3.8, 4) is 11.3 Å². The Balaban J connectivity index is 2.54. The van der Waals surface area contributed by atoms with Gasteiger partial charge in [-0.3, -0.25) is 4.79 Å². The maximum absolute atomic E-state index is 11.5. The molecule has 0 radical (unpaired) electrons. The van der Waals surface area contributed by atoms with Crippen LogP contribution in [0.3, 0.4) is 0 Å². The van der Waals surface area contributed by atoms with Gasteiger partial charge in [-0.1, -0.05) is 29.8 Å². The maximum Gasteiger partial charge on any atom is 0.267 e. The van der Waals surface area contributed by atoms with Crippen molar-refractivity contribution in [2.24, 2.45) is 5.73 Å². The van der Waals surface area contributed by atoms with Crippen LogP contribution >= 0.6 is 0 Å². The second-order valence-corrected chi connectivity index (χ2v) is 4.84. The van der Waals surface area contributed by atoms with Crippen LogP contribution in [0.5, 0.6) is 0 Å². The second-order valence-electron chi connectivity index (χ2n) is 4.84. The lowest BCUT2D eigenvalue weighted by atomic mass is 10.1. The maximum atomic E-state index is 11.5. The van der Waals surface area contributed by atoms with Crippen LogP contribution in [0, 0.1) is 6.92 Å². The Morgan fingerprint density at radius 1 is 1.14 bits per heavy atom. The standard InChI is InChI=1S/C16H20N4O/c1-4-20(5-2)16-18-13(10-14(19-16)15(17)21)12-8-6-11(3)7-9-12/h6-10H,4-5H2,1-3H3,(H2,17,21). The van der Waals surface area contributed by atoms with E-state index in [1.165, 1.54) is 5.56 Å². The summed E-state index contributed by atoms with van der Waals surface area (Å²) in [4.78, 5) is 22.3. The molecule has 0 saturated carbocycles. The minimum absolute atomic E-state index is 0.238. The third-order valence-corrected chi connectivity index (χ3v) is 3.36. The third-order valence-electron chi connectivity index (χ3n) is 3.36. The van der Waals surface area contributed by atoms with E-state index in [1.54, 1.807) is 6.07 Å². The molecule has 0 aliphatic rings. The van der Waals surface area contributed by atoms with E-state index in [9.17, 15) is 4.79 Å². The largest absolute Gasteiger partial charge is 0.364 e. The molecule has 0 spiro atoms. The number of aryl methyl sites for hydroxylation is 1. The van der Waals surface area contributed by atoms with E-state index in [1.807, 2.05) is 49.9 Å². The number of carbonyl (C=O) groups is 1. The molecule has 5 heteroatoms. The first-order chi connectivity index (χ1) is 10.0. The number of nitrogens with two attached hydrogens (primary N) is 1. The van der Waals surface area contributed by atoms with Crippen LogP contribution in [0.2, 0.25) is 0 Å². The van der Waals surface area contributed by atoms with E-state index in [4.69, 9.17) is 5.73 Å². The molecule has 0 atom stereocenters. The van der Waals surface area contributed by atoms with Crippen molar-refractivity contribution < 1.29 is 4.79 Å². The molecule has 0 saturated heterocycles. The smallest absolute Gasteiger partial charge is 0.267 e. The van der Waals surface area contributed by atoms with Crippen LogP contribution < -0.4 is 10.6 Å². The van der Waals surface area contributed by atoms with Crippen LogP contribution in [0.15, 0.2) is 30.3 Å². The number of rotatable bonds is 5. The van der Waals surface area contributed by atoms with E-state index in [0.29, 0.717) is 11.6 Å². The monoisotopic (exact) mass is 284 g/mol. The van der Waals surface area contributed by atoms with Crippen molar-refractivity contribution in [1.29, 1.82) is 0 Å². The van der Waals surface area contributed by atoms with Gasteiger partial charge < -0.3 is 10.6 Å². The normalized spacial score (nSPS) is 10.4. The predicted octanol–water partition coefficient (Wildman–Crippen LogP) is 2.40. The lowest BCUT2D eigenvalue weighted by Crippen LogP contribution is -2.26. The van der Waals surface area contributed by atoms with E-state index >= 15 is 0 Å². The summed E-state index contributed by atoms with van der Waals surface area (Å²) in [6.07, 6.45) is 0. The lowest BCUT2D eigenvalue weighted by molar-refractivity contribution is 0.0995. The van der Waals surface area contributed by atoms with Gasteiger partial charge in [0, 0.05) is 18.7 Å². The molecule has 2 aromatic rings. The average Bonchev–Trinajstić information content (AvgIpc) is 2.49.